The van der Waals surface area contributed by atoms with Gasteiger partial charge in [-0.05, 0) is 66.1 Å². The number of rotatable bonds is 8. The Kier molecular flexibility index (Phi) is 6.07. The molecule has 172 valence electrons. The summed E-state index contributed by atoms with van der Waals surface area (Å²) < 4.78 is 77.0. The van der Waals surface area contributed by atoms with Gasteiger partial charge in [-0.3, -0.25) is 4.72 Å². The van der Waals surface area contributed by atoms with Crippen LogP contribution in [0.15, 0.2) is 34.9 Å². The molecule has 1 aromatic heterocycles. The smallest absolute Gasteiger partial charge is 0.238 e. The van der Waals surface area contributed by atoms with Crippen LogP contribution in [0, 0.1) is 21.0 Å². The van der Waals surface area contributed by atoms with Crippen LogP contribution in [0.2, 0.25) is 0 Å². The van der Waals surface area contributed by atoms with Gasteiger partial charge in [-0.25, -0.2) is 21.6 Å². The molecule has 4 rings (SSSR count). The number of anilines is 3. The number of halogens is 4. The van der Waals surface area contributed by atoms with E-state index in [1.165, 1.54) is 18.2 Å². The van der Waals surface area contributed by atoms with E-state index in [1.54, 1.807) is 0 Å². The van der Waals surface area contributed by atoms with Gasteiger partial charge in [-0.1, -0.05) is 0 Å². The Labute approximate surface area is 194 Å². The molecule has 1 aliphatic rings. The second-order valence-electron chi connectivity index (χ2n) is 7.62. The maximum absolute atomic E-state index is 15.0. The topological polar surface area (TPSA) is 112 Å². The summed E-state index contributed by atoms with van der Waals surface area (Å²) in [6.45, 7) is -0.621. The van der Waals surface area contributed by atoms with E-state index < -0.39 is 56.3 Å². The summed E-state index contributed by atoms with van der Waals surface area (Å²) in [5.74, 6) is -3.47. The van der Waals surface area contributed by atoms with Crippen molar-refractivity contribution in [2.24, 2.45) is 0 Å². The van der Waals surface area contributed by atoms with E-state index in [-0.39, 0.29) is 35.9 Å². The highest BCUT2D eigenvalue weighted by Gasteiger charge is 2.55. The van der Waals surface area contributed by atoms with E-state index in [0.29, 0.717) is 3.57 Å². The quantitative estimate of drug-likeness (QED) is 0.296. The van der Waals surface area contributed by atoms with Crippen molar-refractivity contribution in [1.29, 1.82) is 0 Å². The molecule has 7 nitrogen and oxygen atoms in total. The molecule has 0 bridgehead atoms. The highest BCUT2D eigenvalue weighted by atomic mass is 127. The molecule has 1 heterocycles. The zero-order valence-corrected chi connectivity index (χ0v) is 19.3. The van der Waals surface area contributed by atoms with Crippen LogP contribution in [0.1, 0.15) is 19.3 Å². The van der Waals surface area contributed by atoms with Crippen LogP contribution in [0.4, 0.5) is 30.2 Å². The number of hydrogen-bond acceptors (Lipinski definition) is 6. The molecule has 4 N–H and O–H groups in total. The van der Waals surface area contributed by atoms with Crippen LogP contribution in [0.25, 0.3) is 11.0 Å². The molecule has 1 saturated carbocycles. The van der Waals surface area contributed by atoms with Crippen molar-refractivity contribution in [2.75, 3.05) is 16.6 Å². The molecule has 32 heavy (non-hydrogen) atoms. The minimum absolute atomic E-state index is 0.202. The average Bonchev–Trinajstić information content (AvgIpc) is 3.36. The highest BCUT2D eigenvalue weighted by Crippen LogP contribution is 2.49. The minimum atomic E-state index is -4.24. The van der Waals surface area contributed by atoms with Gasteiger partial charge in [0.25, 0.3) is 0 Å². The van der Waals surface area contributed by atoms with E-state index in [9.17, 15) is 22.3 Å². The van der Waals surface area contributed by atoms with Crippen LogP contribution in [0.5, 0.6) is 0 Å². The Morgan fingerprint density at radius 3 is 2.50 bits per heavy atom. The van der Waals surface area contributed by atoms with Gasteiger partial charge in [-0.2, -0.15) is 0 Å². The summed E-state index contributed by atoms with van der Waals surface area (Å²) in [4.78, 5) is 0. The molecule has 0 radical (unpaired) electrons. The van der Waals surface area contributed by atoms with Crippen LogP contribution < -0.4 is 10.0 Å². The standard InChI is InChI=1S/C20H18F3IN2O5S/c21-13-7-10(24)1-2-14(13)25-17-16(23)15(22)12-3-6-31-19(12)18(17)26-32(29,30)20(4-5-20)8-11(28)9-27/h1-3,6-7,11,25-28H,4-5,8-9H2/t11-/m0/s1. The fourth-order valence-electron chi connectivity index (χ4n) is 3.53. The molecule has 0 saturated heterocycles. The van der Waals surface area contributed by atoms with Crippen molar-refractivity contribution in [3.8, 4) is 0 Å². The summed E-state index contributed by atoms with van der Waals surface area (Å²) in [6.07, 6.45) is -0.0141. The first-order valence-electron chi connectivity index (χ1n) is 9.50. The molecule has 1 fully saturated rings. The number of furan rings is 1. The van der Waals surface area contributed by atoms with Crippen LogP contribution in [0.3, 0.4) is 0 Å². The molecule has 0 spiro atoms. The highest BCUT2D eigenvalue weighted by molar-refractivity contribution is 14.1. The van der Waals surface area contributed by atoms with Crippen LogP contribution >= 0.6 is 22.6 Å². The van der Waals surface area contributed by atoms with E-state index in [2.05, 4.69) is 10.0 Å². The first-order chi connectivity index (χ1) is 15.1. The van der Waals surface area contributed by atoms with Crippen molar-refractivity contribution in [3.63, 3.8) is 0 Å². The van der Waals surface area contributed by atoms with Crippen LogP contribution in [-0.4, -0.2) is 36.1 Å². The number of sulfonamides is 1. The fourth-order valence-corrected chi connectivity index (χ4v) is 5.71. The van der Waals surface area contributed by atoms with Crippen molar-refractivity contribution < 1.29 is 36.2 Å². The Bertz CT molecular complexity index is 1290. The van der Waals surface area contributed by atoms with Gasteiger partial charge >= 0.3 is 0 Å². The second-order valence-corrected chi connectivity index (χ2v) is 10.9. The van der Waals surface area contributed by atoms with E-state index in [1.807, 2.05) is 22.6 Å². The number of fused-ring (bicyclic) bond motifs is 1. The van der Waals surface area contributed by atoms with Crippen molar-refractivity contribution in [3.05, 3.63) is 51.6 Å². The lowest BCUT2D eigenvalue weighted by Gasteiger charge is -2.22. The number of aliphatic hydroxyl groups is 2. The van der Waals surface area contributed by atoms with Gasteiger partial charge in [0, 0.05) is 3.57 Å². The number of nitrogens with one attached hydrogen (secondary N) is 2. The maximum atomic E-state index is 15.0. The summed E-state index contributed by atoms with van der Waals surface area (Å²) >= 11 is 1.88. The van der Waals surface area contributed by atoms with Crippen molar-refractivity contribution in [1.82, 2.24) is 0 Å². The third-order valence-corrected chi connectivity index (χ3v) is 8.27. The largest absolute Gasteiger partial charge is 0.462 e. The van der Waals surface area contributed by atoms with E-state index in [4.69, 9.17) is 9.52 Å². The molecular weight excluding hydrogens is 564 g/mol. The first-order valence-corrected chi connectivity index (χ1v) is 12.1. The van der Waals surface area contributed by atoms with Gasteiger partial charge in [0.15, 0.2) is 17.2 Å². The molecule has 0 amide bonds. The number of aliphatic hydroxyl groups excluding tert-OH is 2. The first kappa shape index (κ1) is 23.1. The van der Waals surface area contributed by atoms with Gasteiger partial charge in [0.1, 0.15) is 17.2 Å². The van der Waals surface area contributed by atoms with Gasteiger partial charge < -0.3 is 19.9 Å². The second kappa shape index (κ2) is 8.39. The Hall–Kier alpha value is -2.03. The summed E-state index contributed by atoms with van der Waals surface area (Å²) in [5.41, 5.74) is -1.55. The van der Waals surface area contributed by atoms with Crippen LogP contribution in [-0.2, 0) is 10.0 Å². The van der Waals surface area contributed by atoms with E-state index >= 15 is 4.39 Å². The molecule has 1 atom stereocenters. The lowest BCUT2D eigenvalue weighted by Crippen LogP contribution is -2.34. The minimum Gasteiger partial charge on any atom is -0.462 e. The van der Waals surface area contributed by atoms with Crippen molar-refractivity contribution in [2.45, 2.75) is 30.1 Å². The van der Waals surface area contributed by atoms with Gasteiger partial charge in [0.2, 0.25) is 10.0 Å². The number of benzene rings is 2. The third kappa shape index (κ3) is 4.04. The maximum Gasteiger partial charge on any atom is 0.238 e. The predicted octanol–water partition coefficient (Wildman–Crippen LogP) is 4.22. The zero-order valence-electron chi connectivity index (χ0n) is 16.3. The Balaban J connectivity index is 1.82. The SMILES string of the molecule is O=S(=O)(Nc1c(Nc2ccc(I)cc2F)c(F)c(F)c2ccoc12)C1(C[C@H](O)CO)CC1. The lowest BCUT2D eigenvalue weighted by atomic mass is 10.1. The summed E-state index contributed by atoms with van der Waals surface area (Å²) in [6, 6.07) is 5.15. The fraction of sp³-hybridized carbons (Fsp3) is 0.300. The predicted molar refractivity (Wildman–Crippen MR) is 121 cm³/mol. The average molecular weight is 582 g/mol. The molecule has 1 aliphatic carbocycles. The van der Waals surface area contributed by atoms with Crippen molar-refractivity contribution >= 4 is 60.6 Å². The Morgan fingerprint density at radius 1 is 1.16 bits per heavy atom. The molecule has 2 aromatic carbocycles. The molecule has 12 heteroatoms. The molecule has 3 aromatic rings. The Morgan fingerprint density at radius 2 is 1.88 bits per heavy atom. The third-order valence-electron chi connectivity index (χ3n) is 5.41. The molecule has 0 aliphatic heterocycles. The molecule has 0 unspecified atom stereocenters. The summed E-state index contributed by atoms with van der Waals surface area (Å²) in [5, 5.41) is 21.0. The van der Waals surface area contributed by atoms with Gasteiger partial charge in [-0.15, -0.1) is 0 Å². The zero-order chi connectivity index (χ0) is 23.3. The monoisotopic (exact) mass is 582 g/mol. The number of hydrogen-bond donors (Lipinski definition) is 4. The van der Waals surface area contributed by atoms with Gasteiger partial charge in [0.05, 0.1) is 34.8 Å². The van der Waals surface area contributed by atoms with E-state index in [0.717, 1.165) is 12.3 Å². The lowest BCUT2D eigenvalue weighted by molar-refractivity contribution is 0.0858. The summed E-state index contributed by atoms with van der Waals surface area (Å²) in [7, 11) is -4.24. The normalized spacial score (nSPS) is 16.2. The molecular formula is C20H18F3IN2O5S.